The number of unbranched alkanes of at least 4 members (excludes halogenated alkanes) is 5. The summed E-state index contributed by atoms with van der Waals surface area (Å²) in [4.78, 5) is 26.7. The van der Waals surface area contributed by atoms with Crippen molar-refractivity contribution in [3.63, 3.8) is 0 Å². The van der Waals surface area contributed by atoms with Crippen LogP contribution in [0, 0.1) is 13.8 Å². The number of benzene rings is 2. The van der Waals surface area contributed by atoms with Crippen LogP contribution in [0.2, 0.25) is 0 Å². The van der Waals surface area contributed by atoms with Gasteiger partial charge in [0.1, 0.15) is 5.37 Å². The summed E-state index contributed by atoms with van der Waals surface area (Å²) in [5.41, 5.74) is 5.24. The Bertz CT molecular complexity index is 895. The van der Waals surface area contributed by atoms with Crippen molar-refractivity contribution in [1.29, 1.82) is 0 Å². The third-order valence-electron chi connectivity index (χ3n) is 5.87. The fourth-order valence-electron chi connectivity index (χ4n) is 3.85. The first-order valence-electron chi connectivity index (χ1n) is 11.4. The molecule has 1 unspecified atom stereocenters. The molecule has 1 aliphatic rings. The molecule has 166 valence electrons. The molecule has 2 aromatic rings. The second kappa shape index (κ2) is 11.4. The molecule has 0 aromatic heterocycles. The number of aryl methyl sites for hydroxylation is 2. The molecular formula is C26H34N2O2S. The van der Waals surface area contributed by atoms with Crippen LogP contribution >= 0.6 is 11.8 Å². The molecule has 0 radical (unpaired) electrons. The average Bonchev–Trinajstić information content (AvgIpc) is 3.14. The number of nitrogens with one attached hydrogen (secondary N) is 1. The fraction of sp³-hybridized carbons (Fsp3) is 0.462. The Kier molecular flexibility index (Phi) is 8.59. The highest BCUT2D eigenvalue weighted by Gasteiger charge is 2.34. The summed E-state index contributed by atoms with van der Waals surface area (Å²) in [5.74, 6) is 0.689. The maximum atomic E-state index is 12.6. The summed E-state index contributed by atoms with van der Waals surface area (Å²) < 4.78 is 0. The van der Waals surface area contributed by atoms with E-state index in [0.29, 0.717) is 12.2 Å². The van der Waals surface area contributed by atoms with E-state index in [0.717, 1.165) is 29.8 Å². The lowest BCUT2D eigenvalue weighted by Crippen LogP contribution is -2.27. The Balaban J connectivity index is 1.58. The largest absolute Gasteiger partial charge is 0.326 e. The SMILES string of the molecule is CCCCCCCCC(=O)Nc1ccc(C2SCC(=O)N2c2ccc(C)c(C)c2)cc1. The molecule has 3 rings (SSSR count). The third-order valence-corrected chi connectivity index (χ3v) is 7.09. The Morgan fingerprint density at radius 3 is 2.42 bits per heavy atom. The van der Waals surface area contributed by atoms with Gasteiger partial charge in [0.25, 0.3) is 0 Å². The van der Waals surface area contributed by atoms with Crippen molar-refractivity contribution in [1.82, 2.24) is 0 Å². The molecule has 2 amide bonds. The highest BCUT2D eigenvalue weighted by atomic mass is 32.2. The third kappa shape index (κ3) is 6.36. The van der Waals surface area contributed by atoms with E-state index in [-0.39, 0.29) is 17.2 Å². The van der Waals surface area contributed by atoms with Gasteiger partial charge in [0.2, 0.25) is 11.8 Å². The number of amides is 2. The molecule has 1 heterocycles. The number of hydrogen-bond acceptors (Lipinski definition) is 3. The maximum Gasteiger partial charge on any atom is 0.238 e. The molecule has 0 saturated carbocycles. The van der Waals surface area contributed by atoms with Crippen molar-refractivity contribution in [3.05, 3.63) is 59.2 Å². The summed E-state index contributed by atoms with van der Waals surface area (Å²) in [6.45, 7) is 6.36. The van der Waals surface area contributed by atoms with E-state index in [1.54, 1.807) is 11.8 Å². The summed E-state index contributed by atoms with van der Waals surface area (Å²) in [6.07, 6.45) is 7.64. The van der Waals surface area contributed by atoms with Crippen molar-refractivity contribution in [2.45, 2.75) is 71.1 Å². The highest BCUT2D eigenvalue weighted by molar-refractivity contribution is 8.00. The molecule has 0 spiro atoms. The monoisotopic (exact) mass is 438 g/mol. The minimum Gasteiger partial charge on any atom is -0.326 e. The minimum atomic E-state index is -0.0394. The van der Waals surface area contributed by atoms with Crippen molar-refractivity contribution in [2.24, 2.45) is 0 Å². The quantitative estimate of drug-likeness (QED) is 0.416. The predicted octanol–water partition coefficient (Wildman–Crippen LogP) is 6.77. The molecule has 1 saturated heterocycles. The van der Waals surface area contributed by atoms with E-state index in [9.17, 15) is 9.59 Å². The van der Waals surface area contributed by atoms with Gasteiger partial charge in [0.15, 0.2) is 0 Å². The molecule has 1 fully saturated rings. The van der Waals surface area contributed by atoms with Gasteiger partial charge in [0, 0.05) is 17.8 Å². The van der Waals surface area contributed by atoms with Crippen molar-refractivity contribution < 1.29 is 9.59 Å². The smallest absolute Gasteiger partial charge is 0.238 e. The van der Waals surface area contributed by atoms with Crippen LogP contribution in [0.4, 0.5) is 11.4 Å². The molecule has 2 aromatic carbocycles. The highest BCUT2D eigenvalue weighted by Crippen LogP contribution is 2.42. The molecule has 0 aliphatic carbocycles. The molecular weight excluding hydrogens is 404 g/mol. The molecule has 1 N–H and O–H groups in total. The predicted molar refractivity (Wildman–Crippen MR) is 132 cm³/mol. The van der Waals surface area contributed by atoms with Crippen molar-refractivity contribution in [3.8, 4) is 0 Å². The number of carbonyl (C=O) groups is 2. The van der Waals surface area contributed by atoms with Gasteiger partial charge in [-0.15, -0.1) is 11.8 Å². The summed E-state index contributed by atoms with van der Waals surface area (Å²) >= 11 is 1.64. The van der Waals surface area contributed by atoms with Crippen molar-refractivity contribution in [2.75, 3.05) is 16.0 Å². The van der Waals surface area contributed by atoms with Gasteiger partial charge in [-0.05, 0) is 61.2 Å². The van der Waals surface area contributed by atoms with Crippen LogP contribution in [-0.2, 0) is 9.59 Å². The van der Waals surface area contributed by atoms with E-state index >= 15 is 0 Å². The van der Waals surface area contributed by atoms with E-state index in [1.807, 2.05) is 35.2 Å². The van der Waals surface area contributed by atoms with Gasteiger partial charge in [-0.25, -0.2) is 0 Å². The summed E-state index contributed by atoms with van der Waals surface area (Å²) in [5, 5.41) is 2.96. The molecule has 5 heteroatoms. The fourth-order valence-corrected chi connectivity index (χ4v) is 5.02. The first-order valence-corrected chi connectivity index (χ1v) is 12.4. The second-order valence-electron chi connectivity index (χ2n) is 8.38. The normalized spacial score (nSPS) is 16.0. The van der Waals surface area contributed by atoms with Crippen molar-refractivity contribution >= 4 is 35.0 Å². The Hall–Kier alpha value is -2.27. The maximum absolute atomic E-state index is 12.6. The van der Waals surface area contributed by atoms with Gasteiger partial charge < -0.3 is 5.32 Å². The lowest BCUT2D eigenvalue weighted by atomic mass is 10.1. The van der Waals surface area contributed by atoms with Gasteiger partial charge >= 0.3 is 0 Å². The Morgan fingerprint density at radius 1 is 1.00 bits per heavy atom. The van der Waals surface area contributed by atoms with Crippen LogP contribution in [0.5, 0.6) is 0 Å². The van der Waals surface area contributed by atoms with Crippen LogP contribution in [0.25, 0.3) is 0 Å². The van der Waals surface area contributed by atoms with Gasteiger partial charge in [-0.3, -0.25) is 14.5 Å². The summed E-state index contributed by atoms with van der Waals surface area (Å²) in [6, 6.07) is 14.1. The lowest BCUT2D eigenvalue weighted by Gasteiger charge is -2.25. The number of thioether (sulfide) groups is 1. The molecule has 1 atom stereocenters. The van der Waals surface area contributed by atoms with Gasteiger partial charge in [0.05, 0.1) is 5.75 Å². The van der Waals surface area contributed by atoms with Crippen LogP contribution in [0.3, 0.4) is 0 Å². The molecule has 0 bridgehead atoms. The lowest BCUT2D eigenvalue weighted by molar-refractivity contribution is -0.116. The molecule has 1 aliphatic heterocycles. The number of carbonyl (C=O) groups excluding carboxylic acids is 2. The number of anilines is 2. The summed E-state index contributed by atoms with van der Waals surface area (Å²) in [7, 11) is 0. The van der Waals surface area contributed by atoms with E-state index in [1.165, 1.54) is 36.8 Å². The number of hydrogen-bond donors (Lipinski definition) is 1. The first-order chi connectivity index (χ1) is 15.0. The minimum absolute atomic E-state index is 0.0394. The average molecular weight is 439 g/mol. The second-order valence-corrected chi connectivity index (χ2v) is 9.45. The van der Waals surface area contributed by atoms with Crippen LogP contribution < -0.4 is 10.2 Å². The van der Waals surface area contributed by atoms with Gasteiger partial charge in [-0.2, -0.15) is 0 Å². The Morgan fingerprint density at radius 2 is 1.71 bits per heavy atom. The van der Waals surface area contributed by atoms with Crippen LogP contribution in [0.1, 0.15) is 73.9 Å². The Labute approximate surface area is 190 Å². The first kappa shape index (κ1) is 23.4. The topological polar surface area (TPSA) is 49.4 Å². The zero-order chi connectivity index (χ0) is 22.2. The standard InChI is InChI=1S/C26H34N2O2S/c1-4-5-6-7-8-9-10-24(29)27-22-14-12-21(13-15-22)26-28(25(30)18-31-26)23-16-11-19(2)20(3)17-23/h11-17,26H,4-10,18H2,1-3H3,(H,27,29). The van der Waals surface area contributed by atoms with E-state index in [4.69, 9.17) is 0 Å². The van der Waals surface area contributed by atoms with Gasteiger partial charge in [-0.1, -0.05) is 57.2 Å². The number of rotatable bonds is 10. The van der Waals surface area contributed by atoms with E-state index in [2.05, 4.69) is 38.2 Å². The molecule has 4 nitrogen and oxygen atoms in total. The van der Waals surface area contributed by atoms with E-state index < -0.39 is 0 Å². The zero-order valence-corrected chi connectivity index (χ0v) is 19.8. The van der Waals surface area contributed by atoms with Crippen LogP contribution in [-0.4, -0.2) is 17.6 Å². The zero-order valence-electron chi connectivity index (χ0n) is 18.9. The molecule has 31 heavy (non-hydrogen) atoms. The number of nitrogens with zero attached hydrogens (tertiary/aromatic N) is 1. The van der Waals surface area contributed by atoms with Crippen LogP contribution in [0.15, 0.2) is 42.5 Å².